The van der Waals surface area contributed by atoms with Gasteiger partial charge >= 0.3 is 5.97 Å². The molecule has 0 bridgehead atoms. The molecule has 2 aliphatic heterocycles. The van der Waals surface area contributed by atoms with Gasteiger partial charge in [-0.2, -0.15) is 0 Å². The number of aldehydes is 1. The van der Waals surface area contributed by atoms with Crippen LogP contribution in [0.1, 0.15) is 131 Å². The topological polar surface area (TPSA) is 380 Å². The number of rotatable bonds is 32. The van der Waals surface area contributed by atoms with E-state index in [0.717, 1.165) is 26.9 Å². The molecule has 2 aliphatic rings. The summed E-state index contributed by atoms with van der Waals surface area (Å²) in [5.74, 6) is -4.00. The van der Waals surface area contributed by atoms with Crippen molar-refractivity contribution in [2.24, 2.45) is 0 Å². The molecule has 4 amide bonds. The quantitative estimate of drug-likeness (QED) is 0.0156. The van der Waals surface area contributed by atoms with Crippen LogP contribution in [0.2, 0.25) is 0 Å². The summed E-state index contributed by atoms with van der Waals surface area (Å²) in [5.41, 5.74) is 2.03. The van der Waals surface area contributed by atoms with Crippen molar-refractivity contribution in [2.45, 2.75) is 163 Å². The van der Waals surface area contributed by atoms with Crippen LogP contribution in [0.15, 0.2) is 158 Å². The van der Waals surface area contributed by atoms with E-state index in [1.165, 1.54) is 30.8 Å². The molecule has 2 fully saturated rings. The van der Waals surface area contributed by atoms with Crippen LogP contribution in [0.5, 0.6) is 0 Å². The second-order valence-corrected chi connectivity index (χ2v) is 24.8. The predicted molar refractivity (Wildman–Crippen MR) is 352 cm³/mol. The van der Waals surface area contributed by atoms with E-state index in [1.807, 2.05) is 60.7 Å². The summed E-state index contributed by atoms with van der Waals surface area (Å²) in [5, 5.41) is 97.2. The molecule has 4 heterocycles. The van der Waals surface area contributed by atoms with E-state index in [4.69, 9.17) is 9.47 Å². The van der Waals surface area contributed by atoms with Crippen LogP contribution in [-0.4, -0.2) is 177 Å². The first-order valence-electron chi connectivity index (χ1n) is 32.4. The first kappa shape index (κ1) is 71.8. The van der Waals surface area contributed by atoms with Gasteiger partial charge in [0.15, 0.2) is 17.9 Å². The van der Waals surface area contributed by atoms with Crippen molar-refractivity contribution in [1.82, 2.24) is 40.8 Å². The van der Waals surface area contributed by atoms with Crippen LogP contribution < -0.4 is 21.3 Å². The summed E-state index contributed by atoms with van der Waals surface area (Å²) in [7, 11) is 0. The third-order valence-corrected chi connectivity index (χ3v) is 17.7. The second-order valence-electron chi connectivity index (χ2n) is 24.8. The third kappa shape index (κ3) is 18.0. The number of ether oxygens (including phenoxy) is 2. The fourth-order valence-corrected chi connectivity index (χ4v) is 12.3. The van der Waals surface area contributed by atoms with Crippen LogP contribution in [0.4, 0.5) is 0 Å². The number of aliphatic hydroxyl groups is 6. The maximum atomic E-state index is 13.2. The number of carboxylic acid groups (broad SMARTS) is 1. The van der Waals surface area contributed by atoms with E-state index >= 15 is 0 Å². The number of hydrogen-bond acceptors (Lipinski definition) is 18. The van der Waals surface area contributed by atoms with Gasteiger partial charge in [0.25, 0.3) is 11.8 Å². The fourth-order valence-electron chi connectivity index (χ4n) is 12.3. The summed E-state index contributed by atoms with van der Waals surface area (Å²) in [6.45, 7) is 1.43. The number of amides is 4. The molecule has 0 radical (unpaired) electrons. The minimum Gasteiger partial charge on any atom is -0.478 e. The van der Waals surface area contributed by atoms with Gasteiger partial charge in [0.05, 0.1) is 48.4 Å². The number of unbranched alkanes of at least 4 members (excludes halogenated alkanes) is 4. The van der Waals surface area contributed by atoms with E-state index in [1.54, 1.807) is 85.1 Å². The van der Waals surface area contributed by atoms with Crippen molar-refractivity contribution < 1.29 is 83.6 Å². The van der Waals surface area contributed by atoms with E-state index in [-0.39, 0.29) is 30.0 Å². The number of carbonyl (C=O) groups is 8. The van der Waals surface area contributed by atoms with Gasteiger partial charge in [0, 0.05) is 87.3 Å². The van der Waals surface area contributed by atoms with Crippen LogP contribution >= 0.6 is 0 Å². The second kappa shape index (κ2) is 33.0. The highest BCUT2D eigenvalue weighted by Gasteiger charge is 2.56. The number of Topliss-reactive ketones (excluding diaryl/α,β-unsaturated/α-hetero) is 2. The molecule has 2 aromatic heterocycles. The zero-order valence-electron chi connectivity index (χ0n) is 53.8. The number of aromatic nitrogens is 4. The Kier molecular flexibility index (Phi) is 24.4. The third-order valence-electron chi connectivity index (χ3n) is 17.7. The summed E-state index contributed by atoms with van der Waals surface area (Å²) in [6, 6.07) is 38.2. The number of benzene rings is 5. The molecule has 0 aliphatic carbocycles. The number of ketones is 2. The first-order valence-corrected chi connectivity index (χ1v) is 32.4. The number of nitrogens with one attached hydrogen (secondary N) is 4. The molecule has 5 aromatic carbocycles. The smallest absolute Gasteiger partial charge is 0.358 e. The number of carboxylic acids is 1. The van der Waals surface area contributed by atoms with Crippen molar-refractivity contribution in [3.05, 3.63) is 192 Å². The number of aliphatic carboxylic acids is 1. The molecule has 0 unspecified atom stereocenters. The number of carbonyl (C=O) groups excluding carboxylic acids is 7. The molecule has 0 saturated carbocycles. The lowest BCUT2D eigenvalue weighted by molar-refractivity contribution is -0.253. The Balaban J connectivity index is 0.697. The minimum absolute atomic E-state index is 0.107. The van der Waals surface area contributed by atoms with Gasteiger partial charge in [0.2, 0.25) is 23.3 Å². The average Bonchev–Trinajstić information content (AvgIpc) is 1.74. The summed E-state index contributed by atoms with van der Waals surface area (Å²) >= 11 is 0. The van der Waals surface area contributed by atoms with Gasteiger partial charge in [-0.25, -0.2) is 9.48 Å². The average molecular weight is 1330 g/mol. The molecule has 7 aromatic rings. The molecule has 97 heavy (non-hydrogen) atoms. The van der Waals surface area contributed by atoms with Gasteiger partial charge in [-0.05, 0) is 96.7 Å². The largest absolute Gasteiger partial charge is 0.478 e. The summed E-state index contributed by atoms with van der Waals surface area (Å²) in [6.07, 6.45) is -4.62. The summed E-state index contributed by atoms with van der Waals surface area (Å²) in [4.78, 5) is 103. The monoisotopic (exact) mass is 1330 g/mol. The van der Waals surface area contributed by atoms with Crippen LogP contribution in [0, 0.1) is 0 Å². The highest BCUT2D eigenvalue weighted by atomic mass is 16.6. The fraction of sp³-hybridized carbons (Fsp3) is 0.389. The zero-order valence-corrected chi connectivity index (χ0v) is 53.8. The zero-order chi connectivity index (χ0) is 69.4. The van der Waals surface area contributed by atoms with E-state index < -0.39 is 128 Å². The van der Waals surface area contributed by atoms with Crippen molar-refractivity contribution in [2.75, 3.05) is 13.1 Å². The molecule has 0 spiro atoms. The first-order chi connectivity index (χ1) is 46.6. The molecule has 11 N–H and O–H groups in total. The van der Waals surface area contributed by atoms with Crippen molar-refractivity contribution in [3.63, 3.8) is 0 Å². The standard InChI is InChI=1S/C72H82N8O17/c1-44(82)75-62-58(86)37-71(43-81,96-66(62)64(90)60(88)39-73-68(92)53-31-23-49(24-32-53)47-16-8-4-9-17-47)80-42-55(77-78-80)20-12-6-14-22-57(85)52-29-27-51(28-30-52)56(84)21-13-3-7-15-46-35-36-79(41-46)72(70(94)95)38-59(87)63(76-45(2)83)67(97-72)65(91)61(89)40-74-69(93)54-33-25-50(26-34-54)48-18-10-5-11-19-48/h4-5,8-11,16-19,23-36,41-43,58-67,86-91H,3,6-7,12-15,20-22,37-40H2,1-2H3,(H,73,92)(H,74,93)(H,75,82)(H,76,83)(H,94,95)/t58-,59-,60+,61+,62+,63+,64+,65+,66+,67+,71+,72+/m0/s1. The van der Waals surface area contributed by atoms with Gasteiger partial charge in [-0.3, -0.25) is 33.6 Å². The van der Waals surface area contributed by atoms with Crippen molar-refractivity contribution in [1.29, 1.82) is 0 Å². The Hall–Kier alpha value is -9.44. The Bertz CT molecular complexity index is 3830. The van der Waals surface area contributed by atoms with E-state index in [9.17, 15) is 74.1 Å². The minimum atomic E-state index is -2.28. The lowest BCUT2D eigenvalue weighted by Crippen LogP contribution is -2.67. The van der Waals surface area contributed by atoms with Crippen LogP contribution in [0.25, 0.3) is 22.3 Å². The number of aryl methyl sites for hydroxylation is 2. The highest BCUT2D eigenvalue weighted by Crippen LogP contribution is 2.38. The molecular formula is C72H82N8O17. The Morgan fingerprint density at radius 3 is 1.46 bits per heavy atom. The SMILES string of the molecule is CC(=O)N[C@H]1[C@H]([C@H](O)[C@H](O)CNC(=O)c2ccc(-c3ccccc3)cc2)O[C@](C=O)(n2cc(CCCCCC(=O)c3ccc(C(=O)CCCCCc4ccn([C@]5(C(=O)O)C[C@H](O)[C@@H](NC(C)=O)[C@H]([C@H](O)[C@H](O)CNC(=O)c6ccc(-c7ccccc7)cc6)O5)c4)cc3)nn2)C[C@@H]1O. The normalized spacial score (nSPS) is 22.0. The van der Waals surface area contributed by atoms with E-state index in [2.05, 4.69) is 31.6 Å². The molecule has 2 saturated heterocycles. The lowest BCUT2D eigenvalue weighted by atomic mass is 9.87. The van der Waals surface area contributed by atoms with E-state index in [0.29, 0.717) is 85.6 Å². The van der Waals surface area contributed by atoms with Crippen molar-refractivity contribution in [3.8, 4) is 22.3 Å². The Morgan fingerprint density at radius 2 is 1.00 bits per heavy atom. The maximum absolute atomic E-state index is 13.2. The number of hydrogen-bond donors (Lipinski definition) is 11. The molecule has 512 valence electrons. The van der Waals surface area contributed by atoms with Gasteiger partial charge in [-0.15, -0.1) is 5.10 Å². The van der Waals surface area contributed by atoms with Gasteiger partial charge < -0.3 is 71.1 Å². The highest BCUT2D eigenvalue weighted by molar-refractivity contribution is 5.99. The van der Waals surface area contributed by atoms with Gasteiger partial charge in [-0.1, -0.05) is 127 Å². The van der Waals surface area contributed by atoms with Crippen molar-refractivity contribution >= 4 is 47.5 Å². The predicted octanol–water partition coefficient (Wildman–Crippen LogP) is 4.59. The molecule has 25 nitrogen and oxygen atoms in total. The number of nitrogens with zero attached hydrogens (tertiary/aromatic N) is 4. The number of aliphatic hydroxyl groups excluding tert-OH is 6. The maximum Gasteiger partial charge on any atom is 0.358 e. The summed E-state index contributed by atoms with van der Waals surface area (Å²) < 4.78 is 14.7. The lowest BCUT2D eigenvalue weighted by Gasteiger charge is -2.47. The molecule has 9 rings (SSSR count). The Morgan fingerprint density at radius 1 is 0.557 bits per heavy atom. The molecule has 25 heteroatoms. The van der Waals surface area contributed by atoms with Gasteiger partial charge in [0.1, 0.15) is 24.4 Å². The molecule has 12 atom stereocenters. The van der Waals surface area contributed by atoms with Crippen LogP contribution in [0.3, 0.4) is 0 Å². The molecular weight excluding hydrogens is 1250 g/mol. The Labute approximate surface area is 559 Å². The van der Waals surface area contributed by atoms with Crippen LogP contribution in [-0.2, 0) is 52.9 Å².